The summed E-state index contributed by atoms with van der Waals surface area (Å²) in [4.78, 5) is 2.38. The van der Waals surface area contributed by atoms with E-state index in [1.165, 1.54) is 12.0 Å². The molecule has 24 heavy (non-hydrogen) atoms. The molecule has 1 heterocycles. The van der Waals surface area contributed by atoms with E-state index >= 15 is 0 Å². The number of β-amino-alcohol motifs (C(OH)–C–C–N with tert-alkyl or cyclic N) is 1. The van der Waals surface area contributed by atoms with Crippen LogP contribution in [0.5, 0.6) is 0 Å². The molecule has 134 valence electrons. The molecule has 0 saturated carbocycles. The Balaban J connectivity index is 1.57. The Morgan fingerprint density at radius 3 is 2.62 bits per heavy atom. The number of morpholine rings is 1. The molecular formula is C17H26N2O4S. The number of aliphatic hydroxyl groups excluding tert-OH is 1. The number of rotatable bonds is 6. The smallest absolute Gasteiger partial charge is 0.240 e. The number of benzene rings is 1. The van der Waals surface area contributed by atoms with Crippen molar-refractivity contribution >= 4 is 10.0 Å². The van der Waals surface area contributed by atoms with Gasteiger partial charge >= 0.3 is 0 Å². The molecule has 2 N–H and O–H groups in total. The molecule has 1 aromatic rings. The van der Waals surface area contributed by atoms with E-state index in [1.54, 1.807) is 12.1 Å². The van der Waals surface area contributed by atoms with Gasteiger partial charge in [0.1, 0.15) is 0 Å². The lowest BCUT2D eigenvalue weighted by atomic mass is 9.92. The molecule has 1 aromatic carbocycles. The van der Waals surface area contributed by atoms with Gasteiger partial charge in [-0.3, -0.25) is 4.90 Å². The molecule has 2 aliphatic rings. The Morgan fingerprint density at radius 2 is 1.88 bits per heavy atom. The maximum atomic E-state index is 12.5. The minimum absolute atomic E-state index is 0.0246. The highest BCUT2D eigenvalue weighted by Crippen LogP contribution is 2.24. The summed E-state index contributed by atoms with van der Waals surface area (Å²) in [6.07, 6.45) is 3.53. The molecule has 0 amide bonds. The van der Waals surface area contributed by atoms with Crippen LogP contribution >= 0.6 is 0 Å². The maximum Gasteiger partial charge on any atom is 0.240 e. The normalized spacial score (nSPS) is 20.5. The highest BCUT2D eigenvalue weighted by atomic mass is 32.2. The fraction of sp³-hybridized carbons (Fsp3) is 0.647. The fourth-order valence-corrected chi connectivity index (χ4v) is 4.44. The Hall–Kier alpha value is -0.990. The largest absolute Gasteiger partial charge is 0.390 e. The molecule has 7 heteroatoms. The van der Waals surface area contributed by atoms with Crippen LogP contribution in [0.2, 0.25) is 0 Å². The van der Waals surface area contributed by atoms with Crippen LogP contribution in [-0.2, 0) is 27.6 Å². The molecule has 1 aliphatic heterocycles. The molecule has 0 bridgehead atoms. The van der Waals surface area contributed by atoms with Gasteiger partial charge in [0.2, 0.25) is 10.0 Å². The van der Waals surface area contributed by atoms with Crippen molar-refractivity contribution in [3.63, 3.8) is 0 Å². The van der Waals surface area contributed by atoms with Crippen LogP contribution in [0, 0.1) is 0 Å². The third-order valence-corrected chi connectivity index (χ3v) is 6.13. The zero-order chi connectivity index (χ0) is 17.0. The van der Waals surface area contributed by atoms with Gasteiger partial charge in [0.05, 0.1) is 24.2 Å². The first-order chi connectivity index (χ1) is 11.5. The molecule has 1 aliphatic carbocycles. The Kier molecular flexibility index (Phi) is 5.89. The predicted octanol–water partition coefficient (Wildman–Crippen LogP) is 0.537. The van der Waals surface area contributed by atoms with Crippen LogP contribution in [0.15, 0.2) is 23.1 Å². The van der Waals surface area contributed by atoms with E-state index in [1.807, 2.05) is 6.07 Å². The first-order valence-corrected chi connectivity index (χ1v) is 10.1. The van der Waals surface area contributed by atoms with Gasteiger partial charge in [-0.1, -0.05) is 6.07 Å². The van der Waals surface area contributed by atoms with E-state index in [2.05, 4.69) is 9.62 Å². The van der Waals surface area contributed by atoms with Crippen molar-refractivity contribution < 1.29 is 18.3 Å². The van der Waals surface area contributed by atoms with Crippen LogP contribution in [-0.4, -0.2) is 63.9 Å². The minimum atomic E-state index is -3.58. The standard InChI is InChI=1S/C17H26N2O4S/c20-16(13-19-7-9-23-10-8-19)12-18-24(21,22)17-6-5-14-3-1-2-4-15(14)11-17/h5-6,11,16,18,20H,1-4,7-10,12-13H2. The van der Waals surface area contributed by atoms with Crippen molar-refractivity contribution in [3.8, 4) is 0 Å². The summed E-state index contributed by atoms with van der Waals surface area (Å²) >= 11 is 0. The van der Waals surface area contributed by atoms with E-state index in [4.69, 9.17) is 4.74 Å². The van der Waals surface area contributed by atoms with Crippen molar-refractivity contribution in [2.24, 2.45) is 0 Å². The summed E-state index contributed by atoms with van der Waals surface area (Å²) in [7, 11) is -3.58. The lowest BCUT2D eigenvalue weighted by Crippen LogP contribution is -2.44. The highest BCUT2D eigenvalue weighted by Gasteiger charge is 2.20. The van der Waals surface area contributed by atoms with E-state index in [-0.39, 0.29) is 6.54 Å². The lowest BCUT2D eigenvalue weighted by molar-refractivity contribution is 0.0158. The Bertz CT molecular complexity index is 657. The quantitative estimate of drug-likeness (QED) is 0.779. The topological polar surface area (TPSA) is 78.9 Å². The second kappa shape index (κ2) is 7.93. The van der Waals surface area contributed by atoms with Crippen molar-refractivity contribution in [1.82, 2.24) is 9.62 Å². The Labute approximate surface area is 143 Å². The van der Waals surface area contributed by atoms with Crippen LogP contribution in [0.1, 0.15) is 24.0 Å². The summed E-state index contributed by atoms with van der Waals surface area (Å²) in [5, 5.41) is 10.1. The molecule has 1 unspecified atom stereocenters. The highest BCUT2D eigenvalue weighted by molar-refractivity contribution is 7.89. The zero-order valence-corrected chi connectivity index (χ0v) is 14.7. The third kappa shape index (κ3) is 4.55. The third-order valence-electron chi connectivity index (χ3n) is 4.71. The van der Waals surface area contributed by atoms with E-state index in [0.29, 0.717) is 24.7 Å². The summed E-state index contributed by atoms with van der Waals surface area (Å²) in [5.41, 5.74) is 2.39. The van der Waals surface area contributed by atoms with Crippen LogP contribution < -0.4 is 4.72 Å². The molecule has 3 rings (SSSR count). The minimum Gasteiger partial charge on any atom is -0.390 e. The number of hydrogen-bond acceptors (Lipinski definition) is 5. The molecule has 6 nitrogen and oxygen atoms in total. The second-order valence-corrected chi connectivity index (χ2v) is 8.32. The van der Waals surface area contributed by atoms with Gasteiger partial charge in [-0.25, -0.2) is 13.1 Å². The first-order valence-electron chi connectivity index (χ1n) is 8.64. The van der Waals surface area contributed by atoms with E-state index in [0.717, 1.165) is 37.9 Å². The molecule has 0 spiro atoms. The number of aliphatic hydroxyl groups is 1. The number of nitrogens with one attached hydrogen (secondary N) is 1. The van der Waals surface area contributed by atoms with Crippen LogP contribution in [0.3, 0.4) is 0 Å². The van der Waals surface area contributed by atoms with Crippen LogP contribution in [0.4, 0.5) is 0 Å². The second-order valence-electron chi connectivity index (χ2n) is 6.56. The maximum absolute atomic E-state index is 12.5. The Morgan fingerprint density at radius 1 is 1.17 bits per heavy atom. The van der Waals surface area contributed by atoms with Crippen molar-refractivity contribution in [2.75, 3.05) is 39.4 Å². The summed E-state index contributed by atoms with van der Waals surface area (Å²) < 4.78 is 32.7. The molecular weight excluding hydrogens is 328 g/mol. The SMILES string of the molecule is O=S(=O)(NCC(O)CN1CCOCC1)c1ccc2c(c1)CCCC2. The fourth-order valence-electron chi connectivity index (χ4n) is 3.31. The monoisotopic (exact) mass is 354 g/mol. The van der Waals surface area contributed by atoms with E-state index in [9.17, 15) is 13.5 Å². The number of aryl methyl sites for hydroxylation is 2. The number of fused-ring (bicyclic) bond motifs is 1. The molecule has 1 fully saturated rings. The predicted molar refractivity (Wildman–Crippen MR) is 91.5 cm³/mol. The van der Waals surface area contributed by atoms with Gasteiger partial charge in [-0.15, -0.1) is 0 Å². The molecule has 1 saturated heterocycles. The van der Waals surface area contributed by atoms with Crippen molar-refractivity contribution in [1.29, 1.82) is 0 Å². The van der Waals surface area contributed by atoms with Crippen LogP contribution in [0.25, 0.3) is 0 Å². The van der Waals surface area contributed by atoms with Gasteiger partial charge in [-0.05, 0) is 48.9 Å². The average Bonchev–Trinajstić information content (AvgIpc) is 2.60. The van der Waals surface area contributed by atoms with Gasteiger partial charge in [-0.2, -0.15) is 0 Å². The first kappa shape index (κ1) is 17.8. The van der Waals surface area contributed by atoms with Gasteiger partial charge in [0.15, 0.2) is 0 Å². The molecule has 1 atom stereocenters. The summed E-state index contributed by atoms with van der Waals surface area (Å²) in [5.74, 6) is 0. The van der Waals surface area contributed by atoms with Gasteiger partial charge in [0.25, 0.3) is 0 Å². The number of hydrogen-bond donors (Lipinski definition) is 2. The van der Waals surface area contributed by atoms with Crippen molar-refractivity contribution in [3.05, 3.63) is 29.3 Å². The van der Waals surface area contributed by atoms with Crippen molar-refractivity contribution in [2.45, 2.75) is 36.7 Å². The number of nitrogens with zero attached hydrogens (tertiary/aromatic N) is 1. The van der Waals surface area contributed by atoms with E-state index < -0.39 is 16.1 Å². The van der Waals surface area contributed by atoms with Gasteiger partial charge in [0, 0.05) is 26.2 Å². The average molecular weight is 354 g/mol. The molecule has 0 aromatic heterocycles. The number of ether oxygens (including phenoxy) is 1. The van der Waals surface area contributed by atoms with Gasteiger partial charge < -0.3 is 9.84 Å². The molecule has 0 radical (unpaired) electrons. The summed E-state index contributed by atoms with van der Waals surface area (Å²) in [6.45, 7) is 3.34. The zero-order valence-electron chi connectivity index (χ0n) is 13.9. The number of sulfonamides is 1. The lowest BCUT2D eigenvalue weighted by Gasteiger charge is -2.28. The summed E-state index contributed by atoms with van der Waals surface area (Å²) in [6, 6.07) is 5.37.